The zero-order valence-electron chi connectivity index (χ0n) is 14.4. The molecular formula is C17H24N2O4S. The lowest BCUT2D eigenvalue weighted by Crippen LogP contribution is -2.46. The Hall–Kier alpha value is -1.89. The van der Waals surface area contributed by atoms with E-state index in [4.69, 9.17) is 5.11 Å². The van der Waals surface area contributed by atoms with E-state index in [1.807, 2.05) is 13.0 Å². The minimum Gasteiger partial charge on any atom is -0.481 e. The Bertz CT molecular complexity index is 641. The van der Waals surface area contributed by atoms with Crippen LogP contribution in [0.5, 0.6) is 0 Å². The number of aryl methyl sites for hydroxylation is 2. The van der Waals surface area contributed by atoms with Crippen LogP contribution >= 0.6 is 11.3 Å². The molecule has 0 spiro atoms. The molecule has 7 heteroatoms. The van der Waals surface area contributed by atoms with Gasteiger partial charge in [0.05, 0.1) is 17.3 Å². The van der Waals surface area contributed by atoms with Gasteiger partial charge in [-0.25, -0.2) is 0 Å². The van der Waals surface area contributed by atoms with Crippen molar-refractivity contribution in [1.29, 1.82) is 0 Å². The Morgan fingerprint density at radius 3 is 2.71 bits per heavy atom. The van der Waals surface area contributed by atoms with Gasteiger partial charge in [-0.1, -0.05) is 6.92 Å². The van der Waals surface area contributed by atoms with Crippen molar-refractivity contribution in [3.8, 4) is 0 Å². The second kappa shape index (κ2) is 7.79. The van der Waals surface area contributed by atoms with Gasteiger partial charge in [0.2, 0.25) is 5.91 Å². The topological polar surface area (TPSA) is 77.9 Å². The van der Waals surface area contributed by atoms with Crippen LogP contribution in [0.3, 0.4) is 0 Å². The van der Waals surface area contributed by atoms with E-state index < -0.39 is 11.9 Å². The van der Waals surface area contributed by atoms with E-state index in [9.17, 15) is 14.4 Å². The number of hydrogen-bond donors (Lipinski definition) is 1. The fraction of sp³-hybridized carbons (Fsp3) is 0.588. The van der Waals surface area contributed by atoms with Crippen LogP contribution in [0.25, 0.3) is 0 Å². The summed E-state index contributed by atoms with van der Waals surface area (Å²) < 4.78 is 0. The monoisotopic (exact) mass is 352 g/mol. The molecule has 2 heterocycles. The maximum Gasteiger partial charge on any atom is 0.308 e. The summed E-state index contributed by atoms with van der Waals surface area (Å²) in [6.45, 7) is 4.80. The van der Waals surface area contributed by atoms with Crippen LogP contribution < -0.4 is 0 Å². The molecule has 0 aromatic carbocycles. The first-order valence-electron chi connectivity index (χ1n) is 8.18. The Morgan fingerprint density at radius 1 is 1.42 bits per heavy atom. The standard InChI is InChI=1S/C17H24N2O4S/c1-4-13-11(2)8-14(24-13)16(21)18(3)10-15(20)19-7-5-6-12(9-19)17(22)23/h8,12H,4-7,9-10H2,1-3H3,(H,22,23). The van der Waals surface area contributed by atoms with E-state index in [0.29, 0.717) is 24.3 Å². The average Bonchev–Trinajstić information content (AvgIpc) is 2.94. The van der Waals surface area contributed by atoms with Gasteiger partial charge in [-0.2, -0.15) is 0 Å². The van der Waals surface area contributed by atoms with Crippen LogP contribution in [0.4, 0.5) is 0 Å². The molecule has 1 aromatic rings. The van der Waals surface area contributed by atoms with Gasteiger partial charge in [-0.15, -0.1) is 11.3 Å². The zero-order chi connectivity index (χ0) is 17.9. The van der Waals surface area contributed by atoms with E-state index in [1.54, 1.807) is 11.9 Å². The molecule has 2 rings (SSSR count). The summed E-state index contributed by atoms with van der Waals surface area (Å²) in [5.74, 6) is -1.72. The van der Waals surface area contributed by atoms with Gasteiger partial charge >= 0.3 is 5.97 Å². The maximum atomic E-state index is 12.5. The Balaban J connectivity index is 1.97. The van der Waals surface area contributed by atoms with Crippen molar-refractivity contribution in [1.82, 2.24) is 9.80 Å². The zero-order valence-corrected chi connectivity index (χ0v) is 15.2. The summed E-state index contributed by atoms with van der Waals surface area (Å²) in [5, 5.41) is 9.11. The minimum absolute atomic E-state index is 0.0242. The lowest BCUT2D eigenvalue weighted by molar-refractivity contribution is -0.145. The Morgan fingerprint density at radius 2 is 2.12 bits per heavy atom. The van der Waals surface area contributed by atoms with Crippen LogP contribution in [0, 0.1) is 12.8 Å². The maximum absolute atomic E-state index is 12.5. The largest absolute Gasteiger partial charge is 0.481 e. The molecule has 1 saturated heterocycles. The number of carboxylic acids is 1. The first kappa shape index (κ1) is 18.4. The van der Waals surface area contributed by atoms with Gasteiger partial charge in [-0.3, -0.25) is 14.4 Å². The predicted molar refractivity (Wildman–Crippen MR) is 92.3 cm³/mol. The van der Waals surface area contributed by atoms with Crippen molar-refractivity contribution in [3.05, 3.63) is 21.4 Å². The van der Waals surface area contributed by atoms with Gasteiger partial charge < -0.3 is 14.9 Å². The Labute approximate surface area is 146 Å². The molecule has 1 aliphatic rings. The number of piperidine rings is 1. The van der Waals surface area contributed by atoms with E-state index in [0.717, 1.165) is 12.0 Å². The summed E-state index contributed by atoms with van der Waals surface area (Å²) in [4.78, 5) is 40.8. The number of thiophene rings is 1. The second-order valence-electron chi connectivity index (χ2n) is 6.25. The normalized spacial score (nSPS) is 17.6. The number of nitrogens with zero attached hydrogens (tertiary/aromatic N) is 2. The second-order valence-corrected chi connectivity index (χ2v) is 7.39. The fourth-order valence-electron chi connectivity index (χ4n) is 2.94. The van der Waals surface area contributed by atoms with Crippen LogP contribution in [0.2, 0.25) is 0 Å². The first-order valence-corrected chi connectivity index (χ1v) is 9.00. The number of likely N-dealkylation sites (tertiary alicyclic amines) is 1. The van der Waals surface area contributed by atoms with E-state index >= 15 is 0 Å². The van der Waals surface area contributed by atoms with Crippen molar-refractivity contribution in [2.24, 2.45) is 5.92 Å². The minimum atomic E-state index is -0.863. The number of carbonyl (C=O) groups excluding carboxylic acids is 2. The highest BCUT2D eigenvalue weighted by atomic mass is 32.1. The number of hydrogen-bond acceptors (Lipinski definition) is 4. The molecule has 1 unspecified atom stereocenters. The van der Waals surface area contributed by atoms with Gasteiger partial charge in [-0.05, 0) is 37.8 Å². The molecule has 0 saturated carbocycles. The summed E-state index contributed by atoms with van der Waals surface area (Å²) in [6, 6.07) is 1.87. The van der Waals surface area contributed by atoms with Crippen molar-refractivity contribution in [2.75, 3.05) is 26.7 Å². The highest BCUT2D eigenvalue weighted by molar-refractivity contribution is 7.14. The van der Waals surface area contributed by atoms with Crippen LogP contribution in [0.1, 0.15) is 39.9 Å². The third-order valence-corrected chi connectivity index (χ3v) is 5.76. The molecule has 24 heavy (non-hydrogen) atoms. The van der Waals surface area contributed by atoms with Gasteiger partial charge in [0.25, 0.3) is 5.91 Å². The van der Waals surface area contributed by atoms with Crippen LogP contribution in [-0.2, 0) is 16.0 Å². The molecule has 1 aromatic heterocycles. The molecule has 6 nitrogen and oxygen atoms in total. The quantitative estimate of drug-likeness (QED) is 0.879. The molecule has 1 aliphatic heterocycles. The fourth-order valence-corrected chi connectivity index (χ4v) is 4.05. The molecule has 0 aliphatic carbocycles. The van der Waals surface area contributed by atoms with E-state index in [1.165, 1.54) is 21.1 Å². The Kier molecular flexibility index (Phi) is 5.99. The van der Waals surface area contributed by atoms with Crippen molar-refractivity contribution >= 4 is 29.1 Å². The van der Waals surface area contributed by atoms with Crippen molar-refractivity contribution in [2.45, 2.75) is 33.1 Å². The molecule has 0 radical (unpaired) electrons. The SMILES string of the molecule is CCc1sc(C(=O)N(C)CC(=O)N2CCCC(C(=O)O)C2)cc1C. The smallest absolute Gasteiger partial charge is 0.308 e. The number of carboxylic acid groups (broad SMARTS) is 1. The number of rotatable bonds is 5. The van der Waals surface area contributed by atoms with E-state index in [-0.39, 0.29) is 24.9 Å². The summed E-state index contributed by atoms with van der Waals surface area (Å²) in [6.07, 6.45) is 2.17. The van der Waals surface area contributed by atoms with E-state index in [2.05, 4.69) is 6.92 Å². The molecule has 132 valence electrons. The lowest BCUT2D eigenvalue weighted by atomic mass is 9.98. The average molecular weight is 352 g/mol. The molecule has 2 amide bonds. The highest BCUT2D eigenvalue weighted by Crippen LogP contribution is 2.23. The molecule has 0 bridgehead atoms. The van der Waals surface area contributed by atoms with Crippen LogP contribution in [0.15, 0.2) is 6.07 Å². The van der Waals surface area contributed by atoms with Crippen molar-refractivity contribution in [3.63, 3.8) is 0 Å². The number of aliphatic carboxylic acids is 1. The lowest BCUT2D eigenvalue weighted by Gasteiger charge is -2.31. The van der Waals surface area contributed by atoms with Gasteiger partial charge in [0.15, 0.2) is 0 Å². The third kappa shape index (κ3) is 4.14. The van der Waals surface area contributed by atoms with Gasteiger partial charge in [0.1, 0.15) is 0 Å². The van der Waals surface area contributed by atoms with Crippen molar-refractivity contribution < 1.29 is 19.5 Å². The number of amides is 2. The summed E-state index contributed by atoms with van der Waals surface area (Å²) in [7, 11) is 1.61. The third-order valence-electron chi connectivity index (χ3n) is 4.39. The van der Waals surface area contributed by atoms with Crippen LogP contribution in [-0.4, -0.2) is 59.4 Å². The van der Waals surface area contributed by atoms with Gasteiger partial charge in [0, 0.05) is 25.0 Å². The molecule has 1 N–H and O–H groups in total. The highest BCUT2D eigenvalue weighted by Gasteiger charge is 2.29. The number of likely N-dealkylation sites (N-methyl/N-ethyl adjacent to an activating group) is 1. The summed E-state index contributed by atoms with van der Waals surface area (Å²) >= 11 is 1.47. The molecule has 1 atom stereocenters. The molecule has 1 fully saturated rings. The summed E-state index contributed by atoms with van der Waals surface area (Å²) in [5.41, 5.74) is 1.10. The first-order chi connectivity index (χ1) is 11.3. The number of carbonyl (C=O) groups is 3. The molecular weight excluding hydrogens is 328 g/mol. The predicted octanol–water partition coefficient (Wildman–Crippen LogP) is 2.01.